The second-order valence-electron chi connectivity index (χ2n) is 16.1. The van der Waals surface area contributed by atoms with E-state index in [9.17, 15) is 9.59 Å². The van der Waals surface area contributed by atoms with Gasteiger partial charge in [-0.05, 0) is 74.3 Å². The molecule has 2 aliphatic carbocycles. The Labute approximate surface area is 303 Å². The Hall–Kier alpha value is -4.74. The van der Waals surface area contributed by atoms with Crippen LogP contribution in [0.25, 0.3) is 33.4 Å². The molecule has 10 rings (SSSR count). The van der Waals surface area contributed by atoms with Gasteiger partial charge in [0.15, 0.2) is 11.3 Å². The molecule has 4 aliphatic rings. The maximum absolute atomic E-state index is 12.7. The van der Waals surface area contributed by atoms with Crippen LogP contribution in [0, 0.1) is 23.7 Å². The molecule has 4 fully saturated rings. The Morgan fingerprint density at radius 3 is 1.46 bits per heavy atom. The van der Waals surface area contributed by atoms with Crippen molar-refractivity contribution in [2.24, 2.45) is 23.7 Å². The molecule has 2 N–H and O–H groups in total. The van der Waals surface area contributed by atoms with Crippen LogP contribution < -0.4 is 0 Å². The number of fused-ring (bicyclic) bond motifs is 6. The number of carbonyl (C=O) groups excluding carboxylic acids is 2. The topological polar surface area (TPSA) is 133 Å². The molecule has 12 heteroatoms. The van der Waals surface area contributed by atoms with Gasteiger partial charge in [-0.2, -0.15) is 0 Å². The van der Waals surface area contributed by atoms with E-state index in [1.807, 2.05) is 49.3 Å². The van der Waals surface area contributed by atoms with Gasteiger partial charge in [0.1, 0.15) is 11.6 Å². The van der Waals surface area contributed by atoms with Crippen molar-refractivity contribution in [3.63, 3.8) is 0 Å². The number of amides is 2. The highest BCUT2D eigenvalue weighted by atomic mass is 16.2. The summed E-state index contributed by atoms with van der Waals surface area (Å²) in [6.07, 6.45) is 22.4. The fourth-order valence-electron chi connectivity index (χ4n) is 8.93. The molecule has 0 bridgehead atoms. The maximum atomic E-state index is 12.7. The van der Waals surface area contributed by atoms with Gasteiger partial charge in [0, 0.05) is 63.3 Å². The molecule has 6 aromatic heterocycles. The fraction of sp³-hybridized carbons (Fsp3) is 0.550. The Morgan fingerprint density at radius 2 is 1.06 bits per heavy atom. The lowest BCUT2D eigenvalue weighted by molar-refractivity contribution is -0.135. The lowest BCUT2D eigenvalue weighted by atomic mass is 9.81. The number of carbonyl (C=O) groups is 2. The molecule has 272 valence electrons. The molecule has 6 aromatic rings. The normalized spacial score (nSPS) is 24.3. The van der Waals surface area contributed by atoms with Crippen molar-refractivity contribution in [1.29, 1.82) is 0 Å². The van der Waals surface area contributed by atoms with E-state index in [2.05, 4.69) is 52.4 Å². The molecule has 0 aromatic carbocycles. The number of aromatic amines is 2. The highest BCUT2D eigenvalue weighted by Gasteiger charge is 2.35. The first-order valence-electron chi connectivity index (χ1n) is 19.6. The Kier molecular flexibility index (Phi) is 8.71. The van der Waals surface area contributed by atoms with Crippen LogP contribution in [0.5, 0.6) is 0 Å². The summed E-state index contributed by atoms with van der Waals surface area (Å²) in [5, 5.41) is 0. The average molecular weight is 703 g/mol. The third kappa shape index (κ3) is 6.03. The number of piperidine rings is 2. The lowest BCUT2D eigenvalue weighted by Crippen LogP contribution is -2.43. The minimum Gasteiger partial charge on any atom is -0.345 e. The number of hydrogen-bond donors (Lipinski definition) is 2. The SMILES string of the molecule is C[C@@H]1CCN(C(=O)CC2CCC2)C[C@@H]1c1ncc2cnc3[nH]ccc3n12.C[C@H]1CCN(C(=O)CC2CCC2)C[C@H]1c1ncc2cnc3[nH]ccc3n12. The lowest BCUT2D eigenvalue weighted by Gasteiger charge is -2.38. The van der Waals surface area contributed by atoms with Crippen LogP contribution >= 0.6 is 0 Å². The quantitative estimate of drug-likeness (QED) is 0.198. The van der Waals surface area contributed by atoms with Gasteiger partial charge in [-0.1, -0.05) is 26.7 Å². The first-order chi connectivity index (χ1) is 25.4. The third-order valence-corrected chi connectivity index (χ3v) is 12.8. The van der Waals surface area contributed by atoms with Crippen LogP contribution in [0.3, 0.4) is 0 Å². The second-order valence-corrected chi connectivity index (χ2v) is 16.1. The van der Waals surface area contributed by atoms with E-state index in [4.69, 9.17) is 9.97 Å². The number of aromatic nitrogens is 8. The van der Waals surface area contributed by atoms with E-state index >= 15 is 0 Å². The van der Waals surface area contributed by atoms with Gasteiger partial charge in [-0.15, -0.1) is 0 Å². The van der Waals surface area contributed by atoms with Gasteiger partial charge in [-0.3, -0.25) is 18.4 Å². The summed E-state index contributed by atoms with van der Waals surface area (Å²) in [5.41, 5.74) is 5.88. The summed E-state index contributed by atoms with van der Waals surface area (Å²) in [6.45, 7) is 7.89. The van der Waals surface area contributed by atoms with Crippen molar-refractivity contribution >= 4 is 45.2 Å². The zero-order valence-electron chi connectivity index (χ0n) is 30.4. The van der Waals surface area contributed by atoms with Crippen LogP contribution in [-0.2, 0) is 9.59 Å². The third-order valence-electron chi connectivity index (χ3n) is 12.8. The minimum atomic E-state index is 0.261. The highest BCUT2D eigenvalue weighted by molar-refractivity contribution is 5.78. The van der Waals surface area contributed by atoms with E-state index in [1.165, 1.54) is 38.5 Å². The molecule has 4 atom stereocenters. The molecule has 2 saturated carbocycles. The number of hydrogen-bond acceptors (Lipinski definition) is 6. The Balaban J connectivity index is 0.000000138. The Bertz CT molecular complexity index is 2060. The van der Waals surface area contributed by atoms with Crippen molar-refractivity contribution in [1.82, 2.24) is 48.5 Å². The zero-order chi connectivity index (χ0) is 35.3. The van der Waals surface area contributed by atoms with E-state index in [0.29, 0.717) is 35.5 Å². The van der Waals surface area contributed by atoms with E-state index in [0.717, 1.165) is 96.9 Å². The molecule has 8 heterocycles. The highest BCUT2D eigenvalue weighted by Crippen LogP contribution is 2.37. The molecule has 52 heavy (non-hydrogen) atoms. The summed E-state index contributed by atoms with van der Waals surface area (Å²) >= 11 is 0. The monoisotopic (exact) mass is 702 g/mol. The Morgan fingerprint density at radius 1 is 0.635 bits per heavy atom. The van der Waals surface area contributed by atoms with Crippen LogP contribution in [0.4, 0.5) is 0 Å². The van der Waals surface area contributed by atoms with Crippen molar-refractivity contribution in [2.75, 3.05) is 26.2 Å². The molecule has 2 saturated heterocycles. The number of H-pyrrole nitrogens is 2. The summed E-state index contributed by atoms with van der Waals surface area (Å²) in [6, 6.07) is 4.10. The minimum absolute atomic E-state index is 0.261. The summed E-state index contributed by atoms with van der Waals surface area (Å²) in [4.78, 5) is 54.4. The van der Waals surface area contributed by atoms with Gasteiger partial charge in [0.05, 0.1) is 46.9 Å². The second kappa shape index (κ2) is 13.7. The van der Waals surface area contributed by atoms with E-state index in [-0.39, 0.29) is 11.8 Å². The number of likely N-dealkylation sites (tertiary alicyclic amines) is 2. The van der Waals surface area contributed by atoms with Crippen LogP contribution in [-0.4, -0.2) is 86.5 Å². The molecule has 12 nitrogen and oxygen atoms in total. The van der Waals surface area contributed by atoms with Gasteiger partial charge >= 0.3 is 0 Å². The summed E-state index contributed by atoms with van der Waals surface area (Å²) in [7, 11) is 0. The predicted octanol–water partition coefficient (Wildman–Crippen LogP) is 6.71. The van der Waals surface area contributed by atoms with Crippen molar-refractivity contribution in [2.45, 2.75) is 89.9 Å². The van der Waals surface area contributed by atoms with Crippen molar-refractivity contribution in [3.8, 4) is 0 Å². The first kappa shape index (κ1) is 33.1. The van der Waals surface area contributed by atoms with Gasteiger partial charge < -0.3 is 19.8 Å². The number of nitrogens with one attached hydrogen (secondary N) is 2. The molecule has 0 spiro atoms. The average Bonchev–Trinajstić information content (AvgIpc) is 3.93. The number of rotatable bonds is 6. The largest absolute Gasteiger partial charge is 0.345 e. The fourth-order valence-corrected chi connectivity index (χ4v) is 8.93. The summed E-state index contributed by atoms with van der Waals surface area (Å²) in [5.74, 6) is 5.57. The smallest absolute Gasteiger partial charge is 0.222 e. The molecular weight excluding hydrogens is 653 g/mol. The van der Waals surface area contributed by atoms with Crippen molar-refractivity contribution in [3.05, 3.63) is 61.0 Å². The van der Waals surface area contributed by atoms with E-state index < -0.39 is 0 Å². The maximum Gasteiger partial charge on any atom is 0.222 e. The first-order valence-corrected chi connectivity index (χ1v) is 19.6. The van der Waals surface area contributed by atoms with Gasteiger partial charge in [0.2, 0.25) is 11.8 Å². The standard InChI is InChI=1S/2C20H25N5O/c2*1-13-6-8-24(18(26)9-14-3-2-4-14)12-16(13)20-23-11-15-10-22-19-17(25(15)20)5-7-21-19/h2*5,7,10-11,13-14,16,21H,2-4,6,8-9,12H2,1H3/t2*13-,16+/m10/s1. The molecule has 2 aliphatic heterocycles. The zero-order valence-corrected chi connectivity index (χ0v) is 30.4. The molecule has 0 unspecified atom stereocenters. The molecule has 2 amide bonds. The van der Waals surface area contributed by atoms with Crippen LogP contribution in [0.1, 0.15) is 102 Å². The number of imidazole rings is 2. The molecule has 0 radical (unpaired) electrons. The van der Waals surface area contributed by atoms with Gasteiger partial charge in [0.25, 0.3) is 0 Å². The van der Waals surface area contributed by atoms with Crippen LogP contribution in [0.15, 0.2) is 49.3 Å². The van der Waals surface area contributed by atoms with E-state index in [1.54, 1.807) is 0 Å². The number of nitrogens with zero attached hydrogens (tertiary/aromatic N) is 8. The molecular formula is C40H50N10O2. The predicted molar refractivity (Wildman–Crippen MR) is 200 cm³/mol. The summed E-state index contributed by atoms with van der Waals surface area (Å²) < 4.78 is 4.42. The van der Waals surface area contributed by atoms with Crippen LogP contribution in [0.2, 0.25) is 0 Å². The van der Waals surface area contributed by atoms with Gasteiger partial charge in [-0.25, -0.2) is 19.9 Å². The van der Waals surface area contributed by atoms with Crippen molar-refractivity contribution < 1.29 is 9.59 Å².